The number of hydrogen-bond acceptors (Lipinski definition) is 4. The predicted molar refractivity (Wildman–Crippen MR) is 106 cm³/mol. The number of nitro groups is 1. The monoisotopic (exact) mass is 370 g/mol. The van der Waals surface area contributed by atoms with Crippen molar-refractivity contribution in [3.8, 4) is 5.75 Å². The van der Waals surface area contributed by atoms with Crippen LogP contribution in [0.4, 0.5) is 5.69 Å². The molecule has 0 bridgehead atoms. The van der Waals surface area contributed by atoms with E-state index in [1.165, 1.54) is 12.1 Å². The fourth-order valence-corrected chi connectivity index (χ4v) is 3.23. The Morgan fingerprint density at radius 2 is 1.81 bits per heavy atom. The number of amides is 1. The van der Waals surface area contributed by atoms with Crippen LogP contribution >= 0.6 is 0 Å². The number of ether oxygens (including phenoxy) is 1. The van der Waals surface area contributed by atoms with Crippen molar-refractivity contribution < 1.29 is 14.5 Å². The molecule has 2 rings (SSSR count). The van der Waals surface area contributed by atoms with Crippen molar-refractivity contribution in [2.45, 2.75) is 46.6 Å². The molecule has 0 aliphatic heterocycles. The van der Waals surface area contributed by atoms with Crippen molar-refractivity contribution in [3.05, 3.63) is 68.3 Å². The molecule has 1 atom stereocenters. The lowest BCUT2D eigenvalue weighted by Crippen LogP contribution is -2.28. The molecule has 0 aliphatic rings. The van der Waals surface area contributed by atoms with Gasteiger partial charge in [0.1, 0.15) is 5.75 Å². The van der Waals surface area contributed by atoms with Crippen LogP contribution in [-0.2, 0) is 0 Å². The lowest BCUT2D eigenvalue weighted by Gasteiger charge is -2.21. The Morgan fingerprint density at radius 1 is 1.15 bits per heavy atom. The normalized spacial score (nSPS) is 12.0. The third-order valence-corrected chi connectivity index (χ3v) is 4.80. The molecule has 1 N–H and O–H groups in total. The Bertz CT molecular complexity index is 875. The highest BCUT2D eigenvalue weighted by atomic mass is 16.6. The second-order valence-corrected chi connectivity index (χ2v) is 7.01. The molecule has 0 aliphatic carbocycles. The summed E-state index contributed by atoms with van der Waals surface area (Å²) >= 11 is 0. The van der Waals surface area contributed by atoms with Crippen LogP contribution in [0.25, 0.3) is 0 Å². The summed E-state index contributed by atoms with van der Waals surface area (Å²) in [6.07, 6.45) is 0. The van der Waals surface area contributed by atoms with E-state index in [0.29, 0.717) is 11.1 Å². The number of nitrogens with one attached hydrogen (secondary N) is 1. The molecule has 2 aromatic rings. The molecule has 0 fully saturated rings. The van der Waals surface area contributed by atoms with E-state index in [2.05, 4.69) is 25.2 Å². The molecule has 6 nitrogen and oxygen atoms in total. The Kier molecular flexibility index (Phi) is 6.20. The van der Waals surface area contributed by atoms with Gasteiger partial charge in [0.15, 0.2) is 0 Å². The van der Waals surface area contributed by atoms with Crippen molar-refractivity contribution in [1.82, 2.24) is 5.32 Å². The molecule has 0 heterocycles. The minimum atomic E-state index is -0.474. The van der Waals surface area contributed by atoms with Crippen LogP contribution in [0.3, 0.4) is 0 Å². The maximum absolute atomic E-state index is 12.7. The van der Waals surface area contributed by atoms with E-state index in [9.17, 15) is 14.9 Å². The highest BCUT2D eigenvalue weighted by molar-refractivity contribution is 5.96. The first-order chi connectivity index (χ1) is 12.7. The number of nitro benzene ring substituents is 1. The average Bonchev–Trinajstić information content (AvgIpc) is 2.60. The summed E-state index contributed by atoms with van der Waals surface area (Å²) in [5.41, 5.74) is 3.70. The summed E-state index contributed by atoms with van der Waals surface area (Å²) in [4.78, 5) is 23.4. The first-order valence-electron chi connectivity index (χ1n) is 8.90. The first-order valence-corrected chi connectivity index (χ1v) is 8.90. The molecule has 0 unspecified atom stereocenters. The Hall–Kier alpha value is -2.89. The van der Waals surface area contributed by atoms with Gasteiger partial charge in [0.05, 0.1) is 18.1 Å². The lowest BCUT2D eigenvalue weighted by atomic mass is 9.93. The minimum Gasteiger partial charge on any atom is -0.496 e. The minimum absolute atomic E-state index is 0.0574. The zero-order valence-electron chi connectivity index (χ0n) is 16.6. The SMILES string of the molecule is COc1cc(C)c([C@H](C)NC(=O)c2cccc([N+](=O)[O-])c2C)cc1C(C)C. The predicted octanol–water partition coefficient (Wildman–Crippen LogP) is 4.83. The van der Waals surface area contributed by atoms with Crippen LogP contribution in [0.15, 0.2) is 30.3 Å². The molecule has 1 amide bonds. The summed E-state index contributed by atoms with van der Waals surface area (Å²) in [6.45, 7) is 9.65. The molecule has 0 spiro atoms. The Labute approximate surface area is 159 Å². The number of rotatable bonds is 6. The number of nitrogens with zero attached hydrogens (tertiary/aromatic N) is 1. The molecular weight excluding hydrogens is 344 g/mol. The van der Waals surface area contributed by atoms with E-state index in [1.807, 2.05) is 19.9 Å². The summed E-state index contributed by atoms with van der Waals surface area (Å²) < 4.78 is 5.47. The zero-order chi connectivity index (χ0) is 20.3. The van der Waals surface area contributed by atoms with Crippen molar-refractivity contribution in [2.24, 2.45) is 0 Å². The second-order valence-electron chi connectivity index (χ2n) is 7.01. The topological polar surface area (TPSA) is 81.5 Å². The highest BCUT2D eigenvalue weighted by Gasteiger charge is 2.21. The van der Waals surface area contributed by atoms with Gasteiger partial charge in [-0.15, -0.1) is 0 Å². The number of carbonyl (C=O) groups is 1. The maximum Gasteiger partial charge on any atom is 0.273 e. The van der Waals surface area contributed by atoms with E-state index in [0.717, 1.165) is 22.4 Å². The molecular formula is C21H26N2O4. The van der Waals surface area contributed by atoms with Gasteiger partial charge in [-0.25, -0.2) is 0 Å². The molecule has 0 aromatic heterocycles. The number of hydrogen-bond donors (Lipinski definition) is 1. The number of carbonyl (C=O) groups excluding carboxylic acids is 1. The van der Waals surface area contributed by atoms with Crippen LogP contribution in [-0.4, -0.2) is 17.9 Å². The number of aryl methyl sites for hydroxylation is 1. The van der Waals surface area contributed by atoms with Gasteiger partial charge >= 0.3 is 0 Å². The largest absolute Gasteiger partial charge is 0.496 e. The third-order valence-electron chi connectivity index (χ3n) is 4.80. The molecule has 0 saturated carbocycles. The van der Waals surface area contributed by atoms with Gasteiger partial charge in [-0.2, -0.15) is 0 Å². The first kappa shape index (κ1) is 20.4. The summed E-state index contributed by atoms with van der Waals surface area (Å²) in [7, 11) is 1.65. The van der Waals surface area contributed by atoms with Crippen molar-refractivity contribution in [3.63, 3.8) is 0 Å². The number of benzene rings is 2. The molecule has 27 heavy (non-hydrogen) atoms. The van der Waals surface area contributed by atoms with E-state index in [-0.39, 0.29) is 23.6 Å². The quantitative estimate of drug-likeness (QED) is 0.583. The average molecular weight is 370 g/mol. The Balaban J connectivity index is 2.34. The summed E-state index contributed by atoms with van der Waals surface area (Å²) in [6, 6.07) is 8.32. The van der Waals surface area contributed by atoms with Crippen LogP contribution in [0.1, 0.15) is 65.3 Å². The maximum atomic E-state index is 12.7. The molecule has 144 valence electrons. The molecule has 6 heteroatoms. The second kappa shape index (κ2) is 8.20. The van der Waals surface area contributed by atoms with Gasteiger partial charge < -0.3 is 10.1 Å². The van der Waals surface area contributed by atoms with Crippen molar-refractivity contribution in [2.75, 3.05) is 7.11 Å². The van der Waals surface area contributed by atoms with E-state index in [1.54, 1.807) is 20.1 Å². The van der Waals surface area contributed by atoms with Crippen LogP contribution < -0.4 is 10.1 Å². The molecule has 2 aromatic carbocycles. The van der Waals surface area contributed by atoms with Gasteiger partial charge in [-0.05, 0) is 61.6 Å². The molecule has 0 radical (unpaired) electrons. The highest BCUT2D eigenvalue weighted by Crippen LogP contribution is 2.32. The zero-order valence-corrected chi connectivity index (χ0v) is 16.6. The molecule has 0 saturated heterocycles. The fourth-order valence-electron chi connectivity index (χ4n) is 3.23. The van der Waals surface area contributed by atoms with Crippen LogP contribution in [0.2, 0.25) is 0 Å². The standard InChI is InChI=1S/C21H26N2O4/c1-12(2)17-11-18(13(3)10-20(17)27-6)15(5)22-21(24)16-8-7-9-19(14(16)4)23(25)26/h7-12,15H,1-6H3,(H,22,24)/t15-/m0/s1. The lowest BCUT2D eigenvalue weighted by molar-refractivity contribution is -0.385. The third kappa shape index (κ3) is 4.27. The fraction of sp³-hybridized carbons (Fsp3) is 0.381. The van der Waals surface area contributed by atoms with Gasteiger partial charge in [0.25, 0.3) is 11.6 Å². The smallest absolute Gasteiger partial charge is 0.273 e. The van der Waals surface area contributed by atoms with E-state index < -0.39 is 4.92 Å². The van der Waals surface area contributed by atoms with Gasteiger partial charge in [-0.1, -0.05) is 19.9 Å². The van der Waals surface area contributed by atoms with E-state index >= 15 is 0 Å². The van der Waals surface area contributed by atoms with Crippen LogP contribution in [0.5, 0.6) is 5.75 Å². The summed E-state index contributed by atoms with van der Waals surface area (Å²) in [5, 5.41) is 14.1. The number of methoxy groups -OCH3 is 1. The van der Waals surface area contributed by atoms with Crippen molar-refractivity contribution >= 4 is 11.6 Å². The van der Waals surface area contributed by atoms with Crippen molar-refractivity contribution in [1.29, 1.82) is 0 Å². The summed E-state index contributed by atoms with van der Waals surface area (Å²) in [5.74, 6) is 0.783. The van der Waals surface area contributed by atoms with Gasteiger partial charge in [0.2, 0.25) is 0 Å². The Morgan fingerprint density at radius 3 is 2.37 bits per heavy atom. The van der Waals surface area contributed by atoms with E-state index in [4.69, 9.17) is 4.74 Å². The van der Waals surface area contributed by atoms with Gasteiger partial charge in [-0.3, -0.25) is 14.9 Å². The van der Waals surface area contributed by atoms with Gasteiger partial charge in [0, 0.05) is 17.2 Å². The van der Waals surface area contributed by atoms with Crippen LogP contribution in [0, 0.1) is 24.0 Å².